The number of ether oxygens (including phenoxy) is 1. The summed E-state index contributed by atoms with van der Waals surface area (Å²) >= 11 is 0. The molecule has 0 aliphatic heterocycles. The van der Waals surface area contributed by atoms with Gasteiger partial charge < -0.3 is 14.9 Å². The van der Waals surface area contributed by atoms with E-state index in [0.717, 1.165) is 22.3 Å². The number of phenols is 1. The number of aliphatic carboxylic acids is 1. The highest BCUT2D eigenvalue weighted by atomic mass is 16.5. The van der Waals surface area contributed by atoms with Crippen LogP contribution in [0.1, 0.15) is 70.2 Å². The average molecular weight is 455 g/mol. The summed E-state index contributed by atoms with van der Waals surface area (Å²) in [7, 11) is 0. The van der Waals surface area contributed by atoms with Gasteiger partial charge in [-0.15, -0.1) is 0 Å². The molecule has 0 aromatic heterocycles. The van der Waals surface area contributed by atoms with Crippen LogP contribution in [0.5, 0.6) is 11.5 Å². The molecular formula is C26H34N2O5. The van der Waals surface area contributed by atoms with Gasteiger partial charge in [0, 0.05) is 6.42 Å². The van der Waals surface area contributed by atoms with E-state index in [9.17, 15) is 14.7 Å². The normalized spacial score (nSPS) is 12.1. The molecule has 0 aliphatic rings. The van der Waals surface area contributed by atoms with Crippen LogP contribution in [0.25, 0.3) is 0 Å². The highest BCUT2D eigenvalue weighted by Crippen LogP contribution is 2.39. The zero-order chi connectivity index (χ0) is 24.8. The lowest BCUT2D eigenvalue weighted by Crippen LogP contribution is -2.20. The number of benzene rings is 2. The Morgan fingerprint density at radius 1 is 1.00 bits per heavy atom. The van der Waals surface area contributed by atoms with Gasteiger partial charge in [-0.1, -0.05) is 53.7 Å². The second-order valence-electron chi connectivity index (χ2n) is 10.1. The van der Waals surface area contributed by atoms with Gasteiger partial charge in [0.2, 0.25) is 5.91 Å². The Labute approximate surface area is 195 Å². The van der Waals surface area contributed by atoms with Gasteiger partial charge in [-0.3, -0.25) is 4.79 Å². The third-order valence-electron chi connectivity index (χ3n) is 5.07. The van der Waals surface area contributed by atoms with Crippen molar-refractivity contribution in [2.45, 2.75) is 65.2 Å². The van der Waals surface area contributed by atoms with Crippen molar-refractivity contribution in [3.8, 4) is 11.5 Å². The third kappa shape index (κ3) is 7.93. The Hall–Kier alpha value is -3.35. The maximum absolute atomic E-state index is 12.3. The van der Waals surface area contributed by atoms with Crippen molar-refractivity contribution in [3.63, 3.8) is 0 Å². The van der Waals surface area contributed by atoms with Crippen molar-refractivity contribution in [1.29, 1.82) is 0 Å². The second-order valence-corrected chi connectivity index (χ2v) is 10.1. The first kappa shape index (κ1) is 25.9. The number of nitrogens with zero attached hydrogens (tertiary/aromatic N) is 1. The molecule has 2 aromatic carbocycles. The van der Waals surface area contributed by atoms with Gasteiger partial charge in [0.25, 0.3) is 0 Å². The molecule has 0 spiro atoms. The van der Waals surface area contributed by atoms with Crippen molar-refractivity contribution < 1.29 is 24.5 Å². The highest BCUT2D eigenvalue weighted by Gasteiger charge is 2.26. The van der Waals surface area contributed by atoms with E-state index in [1.54, 1.807) is 24.3 Å². The smallest absolute Gasteiger partial charge is 0.341 e. The molecule has 3 N–H and O–H groups in total. The van der Waals surface area contributed by atoms with Gasteiger partial charge in [-0.25, -0.2) is 10.2 Å². The minimum Gasteiger partial charge on any atom is -0.507 e. The number of amides is 1. The Balaban J connectivity index is 1.99. The summed E-state index contributed by atoms with van der Waals surface area (Å²) in [6.45, 7) is 12.0. The van der Waals surface area contributed by atoms with Crippen molar-refractivity contribution in [2.24, 2.45) is 5.10 Å². The van der Waals surface area contributed by atoms with Crippen LogP contribution >= 0.6 is 0 Å². The molecule has 2 aromatic rings. The van der Waals surface area contributed by atoms with Crippen LogP contribution in [0, 0.1) is 0 Å². The van der Waals surface area contributed by atoms with E-state index >= 15 is 0 Å². The van der Waals surface area contributed by atoms with Crippen LogP contribution in [0.3, 0.4) is 0 Å². The van der Waals surface area contributed by atoms with Crippen LogP contribution in [-0.4, -0.2) is 34.9 Å². The second kappa shape index (κ2) is 10.5. The van der Waals surface area contributed by atoms with Crippen LogP contribution in [0.15, 0.2) is 41.5 Å². The first-order valence-electron chi connectivity index (χ1n) is 10.9. The van der Waals surface area contributed by atoms with Crippen LogP contribution in [0.2, 0.25) is 0 Å². The van der Waals surface area contributed by atoms with E-state index in [1.807, 2.05) is 12.1 Å². The predicted molar refractivity (Wildman–Crippen MR) is 129 cm³/mol. The molecule has 0 radical (unpaired) electrons. The minimum absolute atomic E-state index is 0.213. The average Bonchev–Trinajstić information content (AvgIpc) is 2.70. The number of aromatic hydroxyl groups is 1. The number of carbonyl (C=O) groups excluding carboxylic acids is 1. The van der Waals surface area contributed by atoms with Crippen molar-refractivity contribution in [2.75, 3.05) is 6.61 Å². The standard InChI is InChI=1S/C26H34N2O5/c1-25(2,3)20-13-18(14-21(24(20)32)26(4,5)6)9-12-22(29)28-27-15-17-7-10-19(11-8-17)33-16-23(30)31/h7-8,10-11,13-15,32H,9,12,16H2,1-6H3,(H,28,29)(H,30,31)/b27-15+. The van der Waals surface area contributed by atoms with Crippen molar-refractivity contribution in [3.05, 3.63) is 58.7 Å². The summed E-state index contributed by atoms with van der Waals surface area (Å²) in [5, 5.41) is 23.4. The Kier molecular flexibility index (Phi) is 8.25. The molecule has 33 heavy (non-hydrogen) atoms. The molecule has 0 heterocycles. The lowest BCUT2D eigenvalue weighted by atomic mass is 9.78. The molecule has 7 nitrogen and oxygen atoms in total. The summed E-state index contributed by atoms with van der Waals surface area (Å²) < 4.78 is 5.08. The van der Waals surface area contributed by atoms with Crippen LogP contribution in [-0.2, 0) is 26.8 Å². The summed E-state index contributed by atoms with van der Waals surface area (Å²) in [6.07, 6.45) is 2.30. The maximum Gasteiger partial charge on any atom is 0.341 e. The quantitative estimate of drug-likeness (QED) is 0.401. The fourth-order valence-electron chi connectivity index (χ4n) is 3.27. The monoisotopic (exact) mass is 454 g/mol. The van der Waals surface area contributed by atoms with E-state index in [1.165, 1.54) is 6.21 Å². The van der Waals surface area contributed by atoms with E-state index in [0.29, 0.717) is 17.9 Å². The Morgan fingerprint density at radius 3 is 2.03 bits per heavy atom. The lowest BCUT2D eigenvalue weighted by Gasteiger charge is -2.28. The van der Waals surface area contributed by atoms with Gasteiger partial charge in [0.05, 0.1) is 6.21 Å². The summed E-state index contributed by atoms with van der Waals surface area (Å²) in [4.78, 5) is 22.8. The largest absolute Gasteiger partial charge is 0.507 e. The third-order valence-corrected chi connectivity index (χ3v) is 5.07. The summed E-state index contributed by atoms with van der Waals surface area (Å²) in [6, 6.07) is 10.7. The summed E-state index contributed by atoms with van der Waals surface area (Å²) in [5.41, 5.74) is 5.57. The fraction of sp³-hybridized carbons (Fsp3) is 0.423. The van der Waals surface area contributed by atoms with Gasteiger partial charge in [0.1, 0.15) is 11.5 Å². The van der Waals surface area contributed by atoms with Crippen molar-refractivity contribution >= 4 is 18.1 Å². The molecular weight excluding hydrogens is 420 g/mol. The van der Waals surface area contributed by atoms with Gasteiger partial charge in [-0.2, -0.15) is 5.10 Å². The van der Waals surface area contributed by atoms with E-state index in [-0.39, 0.29) is 23.2 Å². The molecule has 0 saturated carbocycles. The number of hydrogen-bond acceptors (Lipinski definition) is 5. The molecule has 2 rings (SSSR count). The van der Waals surface area contributed by atoms with E-state index in [2.05, 4.69) is 52.1 Å². The zero-order valence-corrected chi connectivity index (χ0v) is 20.2. The minimum atomic E-state index is -1.04. The number of phenolic OH excluding ortho intramolecular Hbond substituents is 1. The van der Waals surface area contributed by atoms with Gasteiger partial charge in [-0.05, 0) is 63.8 Å². The number of hydrogen-bond donors (Lipinski definition) is 3. The highest BCUT2D eigenvalue weighted by molar-refractivity contribution is 5.82. The molecule has 0 aliphatic carbocycles. The Bertz CT molecular complexity index is 977. The van der Waals surface area contributed by atoms with Gasteiger partial charge in [0.15, 0.2) is 6.61 Å². The van der Waals surface area contributed by atoms with E-state index < -0.39 is 12.6 Å². The number of carbonyl (C=O) groups is 2. The van der Waals surface area contributed by atoms with Crippen molar-refractivity contribution in [1.82, 2.24) is 5.43 Å². The number of aryl methyl sites for hydroxylation is 1. The molecule has 178 valence electrons. The number of carboxylic acid groups (broad SMARTS) is 1. The first-order chi connectivity index (χ1) is 15.3. The topological polar surface area (TPSA) is 108 Å². The lowest BCUT2D eigenvalue weighted by molar-refractivity contribution is -0.139. The number of hydrazone groups is 1. The summed E-state index contributed by atoms with van der Waals surface area (Å²) in [5.74, 6) is -0.487. The molecule has 0 saturated heterocycles. The predicted octanol–water partition coefficient (Wildman–Crippen LogP) is 4.53. The SMILES string of the molecule is CC(C)(C)c1cc(CCC(=O)N/N=C/c2ccc(OCC(=O)O)cc2)cc(C(C)(C)C)c1O. The number of rotatable bonds is 8. The molecule has 0 atom stereocenters. The zero-order valence-electron chi connectivity index (χ0n) is 20.2. The first-order valence-corrected chi connectivity index (χ1v) is 10.9. The van der Waals surface area contributed by atoms with Crippen LogP contribution in [0.4, 0.5) is 0 Å². The maximum atomic E-state index is 12.3. The molecule has 0 fully saturated rings. The van der Waals surface area contributed by atoms with Gasteiger partial charge >= 0.3 is 5.97 Å². The Morgan fingerprint density at radius 2 is 1.55 bits per heavy atom. The fourth-order valence-corrected chi connectivity index (χ4v) is 3.27. The number of nitrogens with one attached hydrogen (secondary N) is 1. The molecule has 1 amide bonds. The number of carboxylic acids is 1. The van der Waals surface area contributed by atoms with E-state index in [4.69, 9.17) is 9.84 Å². The molecule has 0 bridgehead atoms. The molecule has 0 unspecified atom stereocenters. The molecule has 7 heteroatoms. The van der Waals surface area contributed by atoms with Crippen LogP contribution < -0.4 is 10.2 Å².